The Morgan fingerprint density at radius 1 is 0.941 bits per heavy atom. The zero-order chi connectivity index (χ0) is 24.2. The normalized spacial score (nSPS) is 16.7. The van der Waals surface area contributed by atoms with Crippen LogP contribution in [0.25, 0.3) is 11.0 Å². The Morgan fingerprint density at radius 2 is 1.68 bits per heavy atom. The van der Waals surface area contributed by atoms with Gasteiger partial charge in [0.05, 0.1) is 10.3 Å². The molecule has 0 N–H and O–H groups in total. The van der Waals surface area contributed by atoms with E-state index in [4.69, 9.17) is 0 Å². The summed E-state index contributed by atoms with van der Waals surface area (Å²) in [4.78, 5) is 44.1. The van der Waals surface area contributed by atoms with Crippen molar-refractivity contribution in [3.63, 3.8) is 0 Å². The molecule has 1 saturated heterocycles. The molecule has 4 heterocycles. The van der Waals surface area contributed by atoms with Crippen LogP contribution >= 0.6 is 0 Å². The van der Waals surface area contributed by atoms with Crippen LogP contribution in [0.2, 0.25) is 0 Å². The molecule has 2 aliphatic heterocycles. The van der Waals surface area contributed by atoms with E-state index in [1.54, 1.807) is 23.1 Å². The van der Waals surface area contributed by atoms with E-state index in [1.807, 2.05) is 0 Å². The van der Waals surface area contributed by atoms with Crippen molar-refractivity contribution in [1.82, 2.24) is 18.4 Å². The summed E-state index contributed by atoms with van der Waals surface area (Å²) in [5, 5.41) is 0.246. The standard InChI is InChI=1S/C23H25N5O5S/c1-25-20-17(21(29)26(2)23(25)31)7-8-18(24-20)22(30)28-13-10-15-14-16(6-9-19(15)28)34(32,33)27-11-4-3-5-12-27/h6-9,14H,3-5,10-13H2,1-2H3. The van der Waals surface area contributed by atoms with Gasteiger partial charge in [0.2, 0.25) is 10.0 Å². The summed E-state index contributed by atoms with van der Waals surface area (Å²) in [5.74, 6) is -0.375. The Kier molecular flexibility index (Phi) is 5.40. The molecule has 0 unspecified atom stereocenters. The lowest BCUT2D eigenvalue weighted by molar-refractivity contribution is 0.0985. The zero-order valence-corrected chi connectivity index (χ0v) is 19.8. The van der Waals surface area contributed by atoms with Gasteiger partial charge in [0, 0.05) is 39.4 Å². The summed E-state index contributed by atoms with van der Waals surface area (Å²) in [6, 6.07) is 7.86. The molecule has 2 aliphatic rings. The Balaban J connectivity index is 1.48. The Morgan fingerprint density at radius 3 is 2.41 bits per heavy atom. The van der Waals surface area contributed by atoms with Gasteiger partial charge >= 0.3 is 5.69 Å². The number of aromatic nitrogens is 3. The van der Waals surface area contributed by atoms with Crippen molar-refractivity contribution in [3.05, 3.63) is 62.4 Å². The molecule has 5 rings (SSSR count). The molecule has 0 atom stereocenters. The van der Waals surface area contributed by atoms with Crippen molar-refractivity contribution in [2.75, 3.05) is 24.5 Å². The molecule has 1 amide bonds. The van der Waals surface area contributed by atoms with E-state index < -0.39 is 21.3 Å². The maximum Gasteiger partial charge on any atom is 0.332 e. The maximum absolute atomic E-state index is 13.3. The predicted molar refractivity (Wildman–Crippen MR) is 127 cm³/mol. The van der Waals surface area contributed by atoms with Crippen LogP contribution in [0.3, 0.4) is 0 Å². The van der Waals surface area contributed by atoms with Crippen molar-refractivity contribution in [2.45, 2.75) is 30.6 Å². The van der Waals surface area contributed by atoms with E-state index >= 15 is 0 Å². The van der Waals surface area contributed by atoms with Crippen LogP contribution in [0.1, 0.15) is 35.3 Å². The first kappa shape index (κ1) is 22.5. The van der Waals surface area contributed by atoms with Crippen LogP contribution in [0, 0.1) is 0 Å². The number of amides is 1. The topological polar surface area (TPSA) is 115 Å². The second-order valence-corrected chi connectivity index (χ2v) is 10.7. The van der Waals surface area contributed by atoms with Crippen molar-refractivity contribution in [2.24, 2.45) is 14.1 Å². The van der Waals surface area contributed by atoms with E-state index in [-0.39, 0.29) is 27.5 Å². The fourth-order valence-electron chi connectivity index (χ4n) is 4.72. The summed E-state index contributed by atoms with van der Waals surface area (Å²) in [5.41, 5.74) is 0.674. The molecule has 11 heteroatoms. The predicted octanol–water partition coefficient (Wildman–Crippen LogP) is 1.01. The van der Waals surface area contributed by atoms with E-state index in [9.17, 15) is 22.8 Å². The van der Waals surface area contributed by atoms with Crippen LogP contribution in [0.4, 0.5) is 5.69 Å². The number of fused-ring (bicyclic) bond motifs is 2. The third-order valence-corrected chi connectivity index (χ3v) is 8.56. The molecule has 0 aliphatic carbocycles. The number of pyridine rings is 1. The SMILES string of the molecule is Cn1c(=O)c2ccc(C(=O)N3CCc4cc(S(=O)(=O)N5CCCCC5)ccc43)nc2n(C)c1=O. The molecular weight excluding hydrogens is 458 g/mol. The molecule has 0 radical (unpaired) electrons. The molecule has 3 aromatic rings. The van der Waals surface area contributed by atoms with Gasteiger partial charge in [-0.3, -0.25) is 18.7 Å². The van der Waals surface area contributed by atoms with Crippen LogP contribution in [-0.2, 0) is 30.5 Å². The third kappa shape index (κ3) is 3.46. The number of piperidine rings is 1. The number of carbonyl (C=O) groups is 1. The average Bonchev–Trinajstić information content (AvgIpc) is 3.29. The number of sulfonamides is 1. The highest BCUT2D eigenvalue weighted by molar-refractivity contribution is 7.89. The third-order valence-electron chi connectivity index (χ3n) is 6.67. The van der Waals surface area contributed by atoms with Crippen LogP contribution in [0.5, 0.6) is 0 Å². The zero-order valence-electron chi connectivity index (χ0n) is 19.0. The second-order valence-electron chi connectivity index (χ2n) is 8.74. The first-order valence-electron chi connectivity index (χ1n) is 11.2. The summed E-state index contributed by atoms with van der Waals surface area (Å²) < 4.78 is 29.8. The van der Waals surface area contributed by atoms with Gasteiger partial charge in [-0.2, -0.15) is 4.31 Å². The van der Waals surface area contributed by atoms with Gasteiger partial charge in [0.1, 0.15) is 11.3 Å². The number of anilines is 1. The minimum Gasteiger partial charge on any atom is -0.306 e. The lowest BCUT2D eigenvalue weighted by atomic mass is 10.2. The molecule has 0 saturated carbocycles. The molecule has 1 fully saturated rings. The fourth-order valence-corrected chi connectivity index (χ4v) is 6.28. The lowest BCUT2D eigenvalue weighted by Gasteiger charge is -2.26. The highest BCUT2D eigenvalue weighted by Gasteiger charge is 2.31. The second kappa shape index (κ2) is 8.17. The molecule has 34 heavy (non-hydrogen) atoms. The van der Waals surface area contributed by atoms with Crippen molar-refractivity contribution >= 4 is 32.7 Å². The van der Waals surface area contributed by atoms with Crippen LogP contribution in [-0.4, -0.2) is 52.4 Å². The van der Waals surface area contributed by atoms with Gasteiger partial charge in [0.25, 0.3) is 11.5 Å². The number of rotatable bonds is 3. The van der Waals surface area contributed by atoms with E-state index in [1.165, 1.54) is 35.1 Å². The maximum atomic E-state index is 13.3. The Labute approximate surface area is 196 Å². The lowest BCUT2D eigenvalue weighted by Crippen LogP contribution is -2.37. The Hall–Kier alpha value is -3.31. The summed E-state index contributed by atoms with van der Waals surface area (Å²) in [7, 11) is -0.667. The smallest absolute Gasteiger partial charge is 0.306 e. The van der Waals surface area contributed by atoms with Gasteiger partial charge in [-0.25, -0.2) is 18.2 Å². The molecular formula is C23H25N5O5S. The molecule has 10 nitrogen and oxygen atoms in total. The molecule has 2 aromatic heterocycles. The van der Waals surface area contributed by atoms with Crippen molar-refractivity contribution in [1.29, 1.82) is 0 Å². The minimum absolute atomic E-state index is 0.105. The highest BCUT2D eigenvalue weighted by Crippen LogP contribution is 2.32. The fraction of sp³-hybridized carbons (Fsp3) is 0.391. The minimum atomic E-state index is -3.56. The largest absolute Gasteiger partial charge is 0.332 e. The summed E-state index contributed by atoms with van der Waals surface area (Å²) in [6.07, 6.45) is 3.29. The summed E-state index contributed by atoms with van der Waals surface area (Å²) >= 11 is 0. The highest BCUT2D eigenvalue weighted by atomic mass is 32.2. The van der Waals surface area contributed by atoms with Crippen LogP contribution in [0.15, 0.2) is 44.8 Å². The van der Waals surface area contributed by atoms with E-state index in [2.05, 4.69) is 4.98 Å². The monoisotopic (exact) mass is 483 g/mol. The van der Waals surface area contributed by atoms with Gasteiger partial charge in [-0.05, 0) is 55.2 Å². The van der Waals surface area contributed by atoms with Crippen molar-refractivity contribution < 1.29 is 13.2 Å². The number of nitrogens with zero attached hydrogens (tertiary/aromatic N) is 5. The van der Waals surface area contributed by atoms with Gasteiger partial charge in [-0.15, -0.1) is 0 Å². The van der Waals surface area contributed by atoms with Crippen molar-refractivity contribution in [3.8, 4) is 0 Å². The molecule has 0 bridgehead atoms. The van der Waals surface area contributed by atoms with Gasteiger partial charge in [0.15, 0.2) is 0 Å². The number of aryl methyl sites for hydroxylation is 1. The first-order valence-corrected chi connectivity index (χ1v) is 12.7. The molecule has 1 aromatic carbocycles. The number of carbonyl (C=O) groups excluding carboxylic acids is 1. The average molecular weight is 484 g/mol. The Bertz CT molecular complexity index is 1550. The van der Waals surface area contributed by atoms with E-state index in [0.29, 0.717) is 31.7 Å². The number of hydrogen-bond acceptors (Lipinski definition) is 6. The number of benzene rings is 1. The van der Waals surface area contributed by atoms with Gasteiger partial charge in [-0.1, -0.05) is 6.42 Å². The van der Waals surface area contributed by atoms with E-state index in [0.717, 1.165) is 29.4 Å². The van der Waals surface area contributed by atoms with Crippen LogP contribution < -0.4 is 16.1 Å². The molecule has 0 spiro atoms. The quantitative estimate of drug-likeness (QED) is 0.549. The number of hydrogen-bond donors (Lipinski definition) is 0. The van der Waals surface area contributed by atoms with Gasteiger partial charge < -0.3 is 4.90 Å². The summed E-state index contributed by atoms with van der Waals surface area (Å²) in [6.45, 7) is 1.45. The first-order chi connectivity index (χ1) is 16.2. The molecule has 178 valence electrons.